The minimum atomic E-state index is 0.0605. The third-order valence-corrected chi connectivity index (χ3v) is 6.59. The molecule has 1 aromatic carbocycles. The first-order valence-electron chi connectivity index (χ1n) is 11.0. The Labute approximate surface area is 176 Å². The van der Waals surface area contributed by atoms with Gasteiger partial charge in [0, 0.05) is 43.0 Å². The van der Waals surface area contributed by atoms with E-state index in [1.165, 1.54) is 18.5 Å². The summed E-state index contributed by atoms with van der Waals surface area (Å²) in [6.07, 6.45) is 8.35. The molecule has 3 heterocycles. The maximum Gasteiger partial charge on any atom is 0.267 e. The normalized spacial score (nSPS) is 17.2. The molecule has 0 unspecified atom stereocenters. The van der Waals surface area contributed by atoms with Gasteiger partial charge in [0.05, 0.1) is 18.3 Å². The van der Waals surface area contributed by atoms with Crippen LogP contribution in [0.5, 0.6) is 5.75 Å². The van der Waals surface area contributed by atoms with Crippen LogP contribution in [0.15, 0.2) is 41.3 Å². The molecule has 1 aliphatic heterocycles. The zero-order valence-corrected chi connectivity index (χ0v) is 17.5. The van der Waals surface area contributed by atoms with Gasteiger partial charge in [-0.1, -0.05) is 0 Å². The van der Waals surface area contributed by atoms with E-state index in [1.54, 1.807) is 11.8 Å². The van der Waals surface area contributed by atoms with E-state index >= 15 is 0 Å². The number of hydrogen-bond donors (Lipinski definition) is 0. The van der Waals surface area contributed by atoms with Crippen LogP contribution >= 0.6 is 0 Å². The molecule has 2 aromatic heterocycles. The number of methoxy groups -OCH3 is 1. The van der Waals surface area contributed by atoms with E-state index in [0.717, 1.165) is 73.2 Å². The summed E-state index contributed by atoms with van der Waals surface area (Å²) >= 11 is 0. The van der Waals surface area contributed by atoms with Crippen LogP contribution < -0.4 is 15.2 Å². The van der Waals surface area contributed by atoms with Gasteiger partial charge >= 0.3 is 0 Å². The number of rotatable bonds is 4. The van der Waals surface area contributed by atoms with Crippen LogP contribution in [0.4, 0.5) is 5.69 Å². The fourth-order valence-electron chi connectivity index (χ4n) is 4.85. The van der Waals surface area contributed by atoms with Crippen molar-refractivity contribution in [1.29, 1.82) is 0 Å². The van der Waals surface area contributed by atoms with Crippen molar-refractivity contribution in [3.05, 3.63) is 58.1 Å². The van der Waals surface area contributed by atoms with Crippen molar-refractivity contribution in [3.63, 3.8) is 0 Å². The highest BCUT2D eigenvalue weighted by atomic mass is 16.5. The maximum absolute atomic E-state index is 12.5. The van der Waals surface area contributed by atoms with Crippen LogP contribution in [-0.4, -0.2) is 35.0 Å². The second-order valence-electron chi connectivity index (χ2n) is 8.49. The van der Waals surface area contributed by atoms with Gasteiger partial charge < -0.3 is 9.64 Å². The van der Waals surface area contributed by atoms with E-state index in [1.807, 2.05) is 24.4 Å². The molecule has 5 rings (SSSR count). The fourth-order valence-corrected chi connectivity index (χ4v) is 4.85. The molecule has 1 aliphatic carbocycles. The smallest absolute Gasteiger partial charge is 0.267 e. The molecule has 0 spiro atoms. The second kappa shape index (κ2) is 8.09. The molecule has 0 radical (unpaired) electrons. The first-order chi connectivity index (χ1) is 14.7. The number of ether oxygens (including phenoxy) is 1. The van der Waals surface area contributed by atoms with Crippen molar-refractivity contribution >= 4 is 16.6 Å². The molecule has 0 atom stereocenters. The highest BCUT2D eigenvalue weighted by molar-refractivity contribution is 5.92. The Bertz CT molecular complexity index is 1120. The van der Waals surface area contributed by atoms with Crippen molar-refractivity contribution in [2.45, 2.75) is 45.1 Å². The number of hydrogen-bond acceptors (Lipinski definition) is 5. The molecule has 1 fully saturated rings. The Morgan fingerprint density at radius 3 is 2.77 bits per heavy atom. The largest absolute Gasteiger partial charge is 0.497 e. The van der Waals surface area contributed by atoms with Crippen LogP contribution in [0.1, 0.15) is 36.9 Å². The summed E-state index contributed by atoms with van der Waals surface area (Å²) in [5, 5.41) is 5.84. The summed E-state index contributed by atoms with van der Waals surface area (Å²) in [5.41, 5.74) is 4.56. The van der Waals surface area contributed by atoms with Gasteiger partial charge in [-0.25, -0.2) is 4.68 Å². The summed E-state index contributed by atoms with van der Waals surface area (Å²) in [5.74, 6) is 1.33. The maximum atomic E-state index is 12.5. The van der Waals surface area contributed by atoms with E-state index in [-0.39, 0.29) is 5.56 Å². The van der Waals surface area contributed by atoms with Crippen molar-refractivity contribution < 1.29 is 4.74 Å². The number of fused-ring (bicyclic) bond motifs is 2. The minimum absolute atomic E-state index is 0.0605. The van der Waals surface area contributed by atoms with E-state index in [4.69, 9.17) is 9.84 Å². The number of nitrogens with zero attached hydrogens (tertiary/aromatic N) is 4. The summed E-state index contributed by atoms with van der Waals surface area (Å²) in [6.45, 7) is 2.67. The zero-order valence-electron chi connectivity index (χ0n) is 17.5. The molecule has 3 aromatic rings. The van der Waals surface area contributed by atoms with Crippen molar-refractivity contribution in [1.82, 2.24) is 14.8 Å². The van der Waals surface area contributed by atoms with E-state index in [9.17, 15) is 4.79 Å². The summed E-state index contributed by atoms with van der Waals surface area (Å²) < 4.78 is 7.13. The van der Waals surface area contributed by atoms with Gasteiger partial charge in [0.1, 0.15) is 5.75 Å². The number of piperidine rings is 1. The molecule has 0 bridgehead atoms. The molecule has 6 nitrogen and oxygen atoms in total. The molecule has 6 heteroatoms. The van der Waals surface area contributed by atoms with Crippen LogP contribution in [0, 0.1) is 5.92 Å². The first-order valence-corrected chi connectivity index (χ1v) is 11.0. The Morgan fingerprint density at radius 1 is 1.10 bits per heavy atom. The highest BCUT2D eigenvalue weighted by Crippen LogP contribution is 2.31. The van der Waals surface area contributed by atoms with Gasteiger partial charge in [0.2, 0.25) is 0 Å². The zero-order chi connectivity index (χ0) is 20.5. The Kier molecular flexibility index (Phi) is 5.15. The lowest BCUT2D eigenvalue weighted by molar-refractivity contribution is 0.332. The summed E-state index contributed by atoms with van der Waals surface area (Å²) in [7, 11) is 1.69. The van der Waals surface area contributed by atoms with E-state index < -0.39 is 0 Å². The number of benzene rings is 1. The number of aromatic nitrogens is 3. The minimum Gasteiger partial charge on any atom is -0.497 e. The Balaban J connectivity index is 1.30. The SMILES string of the molecule is COc1ccc2nccc(N3CCC(Cn4nc5c(cc4=O)CCCC5)CC3)c2c1. The number of pyridine rings is 1. The van der Waals surface area contributed by atoms with Gasteiger partial charge in [-0.2, -0.15) is 5.10 Å². The van der Waals surface area contributed by atoms with Crippen LogP contribution in [0.2, 0.25) is 0 Å². The lowest BCUT2D eigenvalue weighted by Crippen LogP contribution is -2.37. The number of aryl methyl sites for hydroxylation is 2. The van der Waals surface area contributed by atoms with Crippen molar-refractivity contribution in [2.75, 3.05) is 25.1 Å². The number of anilines is 1. The second-order valence-corrected chi connectivity index (χ2v) is 8.49. The Hall–Kier alpha value is -2.89. The molecule has 0 saturated carbocycles. The lowest BCUT2D eigenvalue weighted by Gasteiger charge is -2.34. The van der Waals surface area contributed by atoms with Gasteiger partial charge in [0.25, 0.3) is 5.56 Å². The predicted molar refractivity (Wildman–Crippen MR) is 118 cm³/mol. The van der Waals surface area contributed by atoms with Gasteiger partial charge in [-0.15, -0.1) is 0 Å². The molecule has 0 N–H and O–H groups in total. The van der Waals surface area contributed by atoms with Gasteiger partial charge in [0.15, 0.2) is 0 Å². The molecule has 0 amide bonds. The predicted octanol–water partition coefficient (Wildman–Crippen LogP) is 3.60. The molecule has 1 saturated heterocycles. The molecular weight excluding hydrogens is 376 g/mol. The molecule has 30 heavy (non-hydrogen) atoms. The quantitative estimate of drug-likeness (QED) is 0.665. The highest BCUT2D eigenvalue weighted by Gasteiger charge is 2.23. The molecule has 156 valence electrons. The first kappa shape index (κ1) is 19.1. The monoisotopic (exact) mass is 404 g/mol. The van der Waals surface area contributed by atoms with Crippen LogP contribution in [-0.2, 0) is 19.4 Å². The average Bonchev–Trinajstić information content (AvgIpc) is 2.79. The topological polar surface area (TPSA) is 60.2 Å². The lowest BCUT2D eigenvalue weighted by atomic mass is 9.95. The average molecular weight is 405 g/mol. The molecule has 2 aliphatic rings. The Morgan fingerprint density at radius 2 is 1.93 bits per heavy atom. The van der Waals surface area contributed by atoms with Gasteiger partial charge in [-0.3, -0.25) is 9.78 Å². The van der Waals surface area contributed by atoms with Crippen LogP contribution in [0.3, 0.4) is 0 Å². The molecular formula is C24H28N4O2. The van der Waals surface area contributed by atoms with E-state index in [0.29, 0.717) is 5.92 Å². The third kappa shape index (κ3) is 3.66. The summed E-state index contributed by atoms with van der Waals surface area (Å²) in [4.78, 5) is 19.5. The third-order valence-electron chi connectivity index (χ3n) is 6.59. The van der Waals surface area contributed by atoms with Gasteiger partial charge in [-0.05, 0) is 74.3 Å². The van der Waals surface area contributed by atoms with Crippen molar-refractivity contribution in [2.24, 2.45) is 5.92 Å². The van der Waals surface area contributed by atoms with E-state index in [2.05, 4.69) is 22.0 Å². The summed E-state index contributed by atoms with van der Waals surface area (Å²) in [6, 6.07) is 9.96. The fraction of sp³-hybridized carbons (Fsp3) is 0.458. The van der Waals surface area contributed by atoms with Crippen LogP contribution in [0.25, 0.3) is 10.9 Å². The van der Waals surface area contributed by atoms with Crippen molar-refractivity contribution in [3.8, 4) is 5.75 Å². The standard InChI is InChI=1S/C24H28N4O2/c1-30-19-6-7-22-20(15-19)23(8-11-25-22)27-12-9-17(10-13-27)16-28-24(29)14-18-4-2-3-5-21(18)26-28/h6-8,11,14-15,17H,2-5,9-10,12-13,16H2,1H3.